The second-order valence-corrected chi connectivity index (χ2v) is 7.81. The molecule has 0 radical (unpaired) electrons. The molecule has 2 aromatic rings. The molecular weight excluding hydrogens is 404 g/mol. The first-order valence-corrected chi connectivity index (χ1v) is 10.8. The zero-order valence-electron chi connectivity index (χ0n) is 18.4. The van der Waals surface area contributed by atoms with Gasteiger partial charge < -0.3 is 9.75 Å². The monoisotopic (exact) mass is 430 g/mol. The third-order valence-electron chi connectivity index (χ3n) is 5.99. The van der Waals surface area contributed by atoms with Crippen molar-refractivity contribution in [1.29, 1.82) is 5.26 Å². The average Bonchev–Trinajstić information content (AvgIpc) is 2.83. The van der Waals surface area contributed by atoms with Gasteiger partial charge in [-0.25, -0.2) is 5.01 Å². The smallest absolute Gasteiger partial charge is 0.271 e. The summed E-state index contributed by atoms with van der Waals surface area (Å²) in [6.07, 6.45) is 1.77. The summed E-state index contributed by atoms with van der Waals surface area (Å²) in [5.41, 5.74) is 1.66. The van der Waals surface area contributed by atoms with Crippen LogP contribution >= 0.6 is 0 Å². The van der Waals surface area contributed by atoms with Crippen LogP contribution in [0.3, 0.4) is 0 Å². The average molecular weight is 431 g/mol. The number of carbonyl (C=O) groups is 2. The highest BCUT2D eigenvalue weighted by molar-refractivity contribution is 6.18. The number of nitriles is 1. The summed E-state index contributed by atoms with van der Waals surface area (Å²) in [4.78, 5) is 27.8. The SMILES string of the molecule is CCN(C=C1C(=O)N(Cc2cccc3ccccc23)C(=O)C(C#N)=C1C)N1CCOCC1. The van der Waals surface area contributed by atoms with E-state index in [0.29, 0.717) is 30.9 Å². The van der Waals surface area contributed by atoms with Gasteiger partial charge in [0.2, 0.25) is 0 Å². The number of hydrogen-bond acceptors (Lipinski definition) is 6. The molecule has 2 aliphatic rings. The van der Waals surface area contributed by atoms with Crippen LogP contribution in [-0.2, 0) is 20.9 Å². The van der Waals surface area contributed by atoms with Gasteiger partial charge in [-0.05, 0) is 35.8 Å². The zero-order valence-corrected chi connectivity index (χ0v) is 18.4. The van der Waals surface area contributed by atoms with Crippen molar-refractivity contribution in [2.24, 2.45) is 0 Å². The fourth-order valence-electron chi connectivity index (χ4n) is 4.19. The van der Waals surface area contributed by atoms with Crippen molar-refractivity contribution < 1.29 is 14.3 Å². The van der Waals surface area contributed by atoms with E-state index in [1.807, 2.05) is 60.5 Å². The van der Waals surface area contributed by atoms with Crippen molar-refractivity contribution in [1.82, 2.24) is 14.9 Å². The van der Waals surface area contributed by atoms with Gasteiger partial charge in [0.15, 0.2) is 0 Å². The summed E-state index contributed by atoms with van der Waals surface area (Å²) in [5.74, 6) is -0.930. The Morgan fingerprint density at radius 3 is 2.53 bits per heavy atom. The Hall–Kier alpha value is -3.47. The topological polar surface area (TPSA) is 76.9 Å². The van der Waals surface area contributed by atoms with E-state index in [9.17, 15) is 14.9 Å². The van der Waals surface area contributed by atoms with Crippen LogP contribution in [0.4, 0.5) is 0 Å². The maximum atomic E-state index is 13.5. The molecule has 0 spiro atoms. The number of carbonyl (C=O) groups excluding carboxylic acids is 2. The molecule has 0 bridgehead atoms. The number of benzene rings is 2. The van der Waals surface area contributed by atoms with E-state index in [1.54, 1.807) is 13.1 Å². The molecule has 0 aromatic heterocycles. The van der Waals surface area contributed by atoms with Crippen LogP contribution in [0.25, 0.3) is 10.8 Å². The largest absolute Gasteiger partial charge is 0.379 e. The lowest BCUT2D eigenvalue weighted by molar-refractivity contribution is -0.141. The highest BCUT2D eigenvalue weighted by atomic mass is 16.5. The zero-order chi connectivity index (χ0) is 22.7. The summed E-state index contributed by atoms with van der Waals surface area (Å²) >= 11 is 0. The van der Waals surface area contributed by atoms with Crippen LogP contribution in [-0.4, -0.2) is 59.6 Å². The van der Waals surface area contributed by atoms with E-state index in [-0.39, 0.29) is 18.0 Å². The number of fused-ring (bicyclic) bond motifs is 1. The van der Waals surface area contributed by atoms with Crippen molar-refractivity contribution in [2.45, 2.75) is 20.4 Å². The lowest BCUT2D eigenvalue weighted by atomic mass is 9.95. The molecule has 1 fully saturated rings. The van der Waals surface area contributed by atoms with Crippen molar-refractivity contribution >= 4 is 22.6 Å². The Labute approximate surface area is 187 Å². The lowest BCUT2D eigenvalue weighted by Crippen LogP contribution is -2.47. The molecule has 7 nitrogen and oxygen atoms in total. The van der Waals surface area contributed by atoms with Gasteiger partial charge in [-0.2, -0.15) is 5.26 Å². The Morgan fingerprint density at radius 1 is 1.09 bits per heavy atom. The van der Waals surface area contributed by atoms with Crippen molar-refractivity contribution in [2.75, 3.05) is 32.8 Å². The van der Waals surface area contributed by atoms with Gasteiger partial charge >= 0.3 is 0 Å². The van der Waals surface area contributed by atoms with Gasteiger partial charge in [0, 0.05) is 25.8 Å². The molecule has 4 rings (SSSR count). The highest BCUT2D eigenvalue weighted by Crippen LogP contribution is 2.29. The number of amides is 2. The summed E-state index contributed by atoms with van der Waals surface area (Å²) in [7, 11) is 0. The molecule has 1 saturated heterocycles. The minimum absolute atomic E-state index is 0.00844. The Kier molecular flexibility index (Phi) is 6.35. The number of morpholine rings is 1. The highest BCUT2D eigenvalue weighted by Gasteiger charge is 2.36. The molecule has 2 amide bonds. The first kappa shape index (κ1) is 21.8. The third kappa shape index (κ3) is 4.03. The molecule has 32 heavy (non-hydrogen) atoms. The fourth-order valence-corrected chi connectivity index (χ4v) is 4.19. The normalized spacial score (nSPS) is 19.0. The van der Waals surface area contributed by atoms with Crippen molar-refractivity contribution in [3.8, 4) is 6.07 Å². The molecule has 0 N–H and O–H groups in total. The summed E-state index contributed by atoms with van der Waals surface area (Å²) < 4.78 is 5.43. The van der Waals surface area contributed by atoms with Gasteiger partial charge in [-0.15, -0.1) is 0 Å². The van der Waals surface area contributed by atoms with Crippen molar-refractivity contribution in [3.63, 3.8) is 0 Å². The van der Waals surface area contributed by atoms with E-state index < -0.39 is 5.91 Å². The quantitative estimate of drug-likeness (QED) is 0.536. The van der Waals surface area contributed by atoms with Gasteiger partial charge in [-0.3, -0.25) is 14.5 Å². The molecule has 0 unspecified atom stereocenters. The van der Waals surface area contributed by atoms with Gasteiger partial charge in [0.05, 0.1) is 25.3 Å². The summed E-state index contributed by atoms with van der Waals surface area (Å²) in [6.45, 7) is 7.12. The summed E-state index contributed by atoms with van der Waals surface area (Å²) in [6, 6.07) is 15.7. The number of imide groups is 1. The van der Waals surface area contributed by atoms with Crippen LogP contribution in [0.15, 0.2) is 65.4 Å². The first-order valence-electron chi connectivity index (χ1n) is 10.8. The maximum absolute atomic E-state index is 13.5. The Morgan fingerprint density at radius 2 is 1.81 bits per heavy atom. The van der Waals surface area contributed by atoms with Gasteiger partial charge in [0.1, 0.15) is 11.6 Å². The second kappa shape index (κ2) is 9.35. The van der Waals surface area contributed by atoms with Crippen LogP contribution in [0.5, 0.6) is 0 Å². The number of ether oxygens (including phenoxy) is 1. The van der Waals surface area contributed by atoms with E-state index in [4.69, 9.17) is 4.74 Å². The molecule has 2 aromatic carbocycles. The number of hydrazine groups is 1. The van der Waals surface area contributed by atoms with Gasteiger partial charge in [-0.1, -0.05) is 42.5 Å². The Balaban J connectivity index is 1.72. The lowest BCUT2D eigenvalue weighted by Gasteiger charge is -2.37. The summed E-state index contributed by atoms with van der Waals surface area (Å²) in [5, 5.41) is 15.8. The first-order chi connectivity index (χ1) is 15.5. The van der Waals surface area contributed by atoms with E-state index in [2.05, 4.69) is 5.01 Å². The van der Waals surface area contributed by atoms with Crippen molar-refractivity contribution in [3.05, 3.63) is 70.9 Å². The molecule has 7 heteroatoms. The molecule has 164 valence electrons. The Bertz CT molecular complexity index is 1150. The molecule has 0 saturated carbocycles. The molecule has 2 aliphatic heterocycles. The van der Waals surface area contributed by atoms with Crippen LogP contribution in [0, 0.1) is 11.3 Å². The third-order valence-corrected chi connectivity index (χ3v) is 5.99. The van der Waals surface area contributed by atoms with Crippen LogP contribution < -0.4 is 0 Å². The standard InChI is InChI=1S/C25H26N4O3/c1-3-27(28-11-13-32-14-12-28)17-23-18(2)22(15-26)24(30)29(25(23)31)16-20-9-6-8-19-7-4-5-10-21(19)20/h4-10,17H,3,11-14,16H2,1-2H3. The van der Waals surface area contributed by atoms with E-state index in [1.165, 1.54) is 4.90 Å². The number of hydrogen-bond donors (Lipinski definition) is 0. The second-order valence-electron chi connectivity index (χ2n) is 7.81. The van der Waals surface area contributed by atoms with Crippen LogP contribution in [0.2, 0.25) is 0 Å². The maximum Gasteiger partial charge on any atom is 0.271 e. The molecule has 0 atom stereocenters. The predicted octanol–water partition coefficient (Wildman–Crippen LogP) is 3.00. The van der Waals surface area contributed by atoms with E-state index in [0.717, 1.165) is 29.4 Å². The van der Waals surface area contributed by atoms with Gasteiger partial charge in [0.25, 0.3) is 11.8 Å². The number of rotatable bonds is 5. The molecular formula is C25H26N4O3. The van der Waals surface area contributed by atoms with E-state index >= 15 is 0 Å². The fraction of sp³-hybridized carbons (Fsp3) is 0.320. The molecule has 2 heterocycles. The number of nitrogens with zero attached hydrogens (tertiary/aromatic N) is 4. The predicted molar refractivity (Wildman–Crippen MR) is 121 cm³/mol. The molecule has 0 aliphatic carbocycles. The van der Waals surface area contributed by atoms with Crippen LogP contribution in [0.1, 0.15) is 19.4 Å². The minimum atomic E-state index is -0.547. The minimum Gasteiger partial charge on any atom is -0.379 e.